The maximum Gasteiger partial charge on any atom is 0.345 e. The Morgan fingerprint density at radius 2 is 2.41 bits per heavy atom. The van der Waals surface area contributed by atoms with Crippen molar-refractivity contribution in [1.29, 1.82) is 0 Å². The topological polar surface area (TPSA) is 55.1 Å². The van der Waals surface area contributed by atoms with Gasteiger partial charge in [0.25, 0.3) is 0 Å². The van der Waals surface area contributed by atoms with Gasteiger partial charge in [-0.25, -0.2) is 4.79 Å². The highest BCUT2D eigenvalue weighted by Gasteiger charge is 2.11. The summed E-state index contributed by atoms with van der Waals surface area (Å²) in [5.41, 5.74) is 1.08. The first-order valence-corrected chi connectivity index (χ1v) is 6.80. The lowest BCUT2D eigenvalue weighted by molar-refractivity contribution is 0.0702. The summed E-state index contributed by atoms with van der Waals surface area (Å²) >= 11 is 2.99. The number of aromatic nitrogens is 2. The van der Waals surface area contributed by atoms with E-state index in [2.05, 4.69) is 5.10 Å². The van der Waals surface area contributed by atoms with Crippen molar-refractivity contribution < 1.29 is 9.90 Å². The molecule has 4 nitrogen and oxygen atoms in total. The molecule has 0 radical (unpaired) electrons. The number of hydrogen-bond donors (Lipinski definition) is 1. The Hall–Kier alpha value is -1.27. The van der Waals surface area contributed by atoms with Gasteiger partial charge in [0.15, 0.2) is 0 Å². The first-order valence-electron chi connectivity index (χ1n) is 5.00. The highest BCUT2D eigenvalue weighted by Crippen LogP contribution is 2.28. The number of rotatable bonds is 4. The van der Waals surface area contributed by atoms with Gasteiger partial charge in [-0.1, -0.05) is 0 Å². The summed E-state index contributed by atoms with van der Waals surface area (Å²) < 4.78 is 1.76. The van der Waals surface area contributed by atoms with Crippen LogP contribution in [0.5, 0.6) is 0 Å². The van der Waals surface area contributed by atoms with Crippen LogP contribution in [0.4, 0.5) is 0 Å². The van der Waals surface area contributed by atoms with Crippen LogP contribution in [-0.4, -0.2) is 20.9 Å². The van der Waals surface area contributed by atoms with Crippen LogP contribution in [0.2, 0.25) is 0 Å². The summed E-state index contributed by atoms with van der Waals surface area (Å²) in [5.74, 6) is -0.0721. The zero-order valence-corrected chi connectivity index (χ0v) is 11.1. The Morgan fingerprint density at radius 3 is 2.94 bits per heavy atom. The lowest BCUT2D eigenvalue weighted by atomic mass is 10.3. The molecule has 0 spiro atoms. The zero-order valence-electron chi connectivity index (χ0n) is 9.51. The highest BCUT2D eigenvalue weighted by molar-refractivity contribution is 7.98. The third-order valence-electron chi connectivity index (χ3n) is 2.31. The number of aryl methyl sites for hydroxylation is 2. The van der Waals surface area contributed by atoms with E-state index < -0.39 is 5.97 Å². The van der Waals surface area contributed by atoms with Gasteiger partial charge in [-0.05, 0) is 18.6 Å². The second-order valence-electron chi connectivity index (χ2n) is 3.64. The van der Waals surface area contributed by atoms with E-state index in [1.165, 1.54) is 11.3 Å². The van der Waals surface area contributed by atoms with E-state index in [0.29, 0.717) is 4.88 Å². The Morgan fingerprint density at radius 1 is 1.65 bits per heavy atom. The smallest absolute Gasteiger partial charge is 0.345 e. The maximum absolute atomic E-state index is 10.8. The van der Waals surface area contributed by atoms with Gasteiger partial charge in [-0.15, -0.1) is 23.1 Å². The van der Waals surface area contributed by atoms with Crippen LogP contribution in [0.25, 0.3) is 0 Å². The minimum Gasteiger partial charge on any atom is -0.477 e. The molecule has 0 saturated carbocycles. The normalized spacial score (nSPS) is 10.7. The molecule has 6 heteroatoms. The molecule has 17 heavy (non-hydrogen) atoms. The van der Waals surface area contributed by atoms with Crippen LogP contribution in [0.15, 0.2) is 23.4 Å². The summed E-state index contributed by atoms with van der Waals surface area (Å²) in [6.45, 7) is 1.95. The summed E-state index contributed by atoms with van der Waals surface area (Å²) in [5, 5.41) is 13.0. The van der Waals surface area contributed by atoms with Gasteiger partial charge in [0.2, 0.25) is 0 Å². The Kier molecular flexibility index (Phi) is 3.54. The van der Waals surface area contributed by atoms with Crippen molar-refractivity contribution in [2.24, 2.45) is 7.05 Å². The van der Waals surface area contributed by atoms with Crippen molar-refractivity contribution in [2.75, 3.05) is 0 Å². The molecule has 2 heterocycles. The van der Waals surface area contributed by atoms with Crippen molar-refractivity contribution in [2.45, 2.75) is 17.6 Å². The number of aromatic carboxylic acids is 1. The van der Waals surface area contributed by atoms with E-state index >= 15 is 0 Å². The molecule has 0 atom stereocenters. The number of carbonyl (C=O) groups is 1. The average molecular weight is 268 g/mol. The van der Waals surface area contributed by atoms with Crippen LogP contribution in [0, 0.1) is 6.92 Å². The first-order chi connectivity index (χ1) is 8.06. The van der Waals surface area contributed by atoms with Crippen molar-refractivity contribution in [3.05, 3.63) is 33.8 Å². The molecule has 0 aliphatic carbocycles. The molecular weight excluding hydrogens is 256 g/mol. The van der Waals surface area contributed by atoms with Gasteiger partial charge >= 0.3 is 5.97 Å². The van der Waals surface area contributed by atoms with Crippen LogP contribution in [0.1, 0.15) is 20.1 Å². The Balaban J connectivity index is 2.06. The molecule has 0 saturated heterocycles. The standard InChI is InChI=1S/C11H12N2O2S2/c1-7-8(3-10(17-7)11(14)15)6-16-9-4-12-13(2)5-9/h3-5H,6H2,1-2H3,(H,14,15). The Labute approximate surface area is 107 Å². The van der Waals surface area contributed by atoms with E-state index in [4.69, 9.17) is 5.11 Å². The number of hydrogen-bond acceptors (Lipinski definition) is 4. The lowest BCUT2D eigenvalue weighted by Gasteiger charge is -1.97. The molecule has 0 aromatic carbocycles. The van der Waals surface area contributed by atoms with Crippen LogP contribution >= 0.6 is 23.1 Å². The fourth-order valence-corrected chi connectivity index (χ4v) is 3.35. The summed E-state index contributed by atoms with van der Waals surface area (Å²) in [4.78, 5) is 13.4. The number of thioether (sulfide) groups is 1. The molecule has 0 bridgehead atoms. The van der Waals surface area contributed by atoms with Crippen LogP contribution < -0.4 is 0 Å². The van der Waals surface area contributed by atoms with Crippen LogP contribution in [-0.2, 0) is 12.8 Å². The fraction of sp³-hybridized carbons (Fsp3) is 0.273. The van der Waals surface area contributed by atoms with E-state index in [1.54, 1.807) is 22.5 Å². The van der Waals surface area contributed by atoms with E-state index in [1.807, 2.05) is 26.4 Å². The van der Waals surface area contributed by atoms with Crippen molar-refractivity contribution in [3.8, 4) is 0 Å². The molecule has 90 valence electrons. The second-order valence-corrected chi connectivity index (χ2v) is 5.94. The number of thiophene rings is 1. The Bertz CT molecular complexity index is 545. The maximum atomic E-state index is 10.8. The molecule has 2 aromatic rings. The molecule has 2 rings (SSSR count). The monoisotopic (exact) mass is 268 g/mol. The molecule has 1 N–H and O–H groups in total. The van der Waals surface area contributed by atoms with Gasteiger partial charge in [-0.2, -0.15) is 5.10 Å². The van der Waals surface area contributed by atoms with Crippen molar-refractivity contribution in [3.63, 3.8) is 0 Å². The highest BCUT2D eigenvalue weighted by atomic mass is 32.2. The predicted octanol–water partition coefficient (Wildman–Crippen LogP) is 2.78. The number of carboxylic acid groups (broad SMARTS) is 1. The third kappa shape index (κ3) is 2.89. The molecular formula is C11H12N2O2S2. The van der Waals surface area contributed by atoms with E-state index in [9.17, 15) is 4.79 Å². The summed E-state index contributed by atoms with van der Waals surface area (Å²) in [7, 11) is 1.88. The minimum atomic E-state index is -0.851. The molecule has 0 amide bonds. The summed E-state index contributed by atoms with van der Waals surface area (Å²) in [6.07, 6.45) is 3.76. The first kappa shape index (κ1) is 12.2. The largest absolute Gasteiger partial charge is 0.477 e. The molecule has 0 fully saturated rings. The van der Waals surface area contributed by atoms with Gasteiger partial charge < -0.3 is 5.11 Å². The van der Waals surface area contributed by atoms with Crippen molar-refractivity contribution in [1.82, 2.24) is 9.78 Å². The van der Waals surface area contributed by atoms with Crippen molar-refractivity contribution >= 4 is 29.1 Å². The molecule has 2 aromatic heterocycles. The molecule has 0 aliphatic heterocycles. The summed E-state index contributed by atoms with van der Waals surface area (Å²) in [6, 6.07) is 1.76. The van der Waals surface area contributed by atoms with Gasteiger partial charge in [-0.3, -0.25) is 4.68 Å². The lowest BCUT2D eigenvalue weighted by Crippen LogP contribution is -1.90. The quantitative estimate of drug-likeness (QED) is 0.866. The molecule has 0 aliphatic rings. The fourth-order valence-electron chi connectivity index (χ4n) is 1.40. The van der Waals surface area contributed by atoms with Gasteiger partial charge in [0.1, 0.15) is 4.88 Å². The van der Waals surface area contributed by atoms with E-state index in [0.717, 1.165) is 21.1 Å². The number of carboxylic acids is 1. The van der Waals surface area contributed by atoms with E-state index in [-0.39, 0.29) is 0 Å². The van der Waals surface area contributed by atoms with Gasteiger partial charge in [0.05, 0.1) is 6.20 Å². The van der Waals surface area contributed by atoms with Crippen LogP contribution in [0.3, 0.4) is 0 Å². The third-order valence-corrected chi connectivity index (χ3v) is 4.39. The molecule has 0 unspecified atom stereocenters. The SMILES string of the molecule is Cc1sc(C(=O)O)cc1CSc1cnn(C)c1. The predicted molar refractivity (Wildman–Crippen MR) is 68.8 cm³/mol. The number of nitrogens with zero attached hydrogens (tertiary/aromatic N) is 2. The second kappa shape index (κ2) is 4.93. The average Bonchev–Trinajstić information content (AvgIpc) is 2.82. The minimum absolute atomic E-state index is 0.407. The zero-order chi connectivity index (χ0) is 12.4. The van der Waals surface area contributed by atoms with Gasteiger partial charge in [0, 0.05) is 28.8 Å².